The molecular formula is C12H10ClNO2. The standard InChI is InChI=1S/C12H10ClNO2/c13-10-3-1-2-9(6-10)8-16-11-4-5-14-12(15)7-11/h1-7H,8H2,(H,14,15). The van der Waals surface area contributed by atoms with Crippen LogP contribution in [0.25, 0.3) is 0 Å². The lowest BCUT2D eigenvalue weighted by molar-refractivity contribution is 0.305. The van der Waals surface area contributed by atoms with E-state index < -0.39 is 0 Å². The van der Waals surface area contributed by atoms with Crippen LogP contribution in [0.1, 0.15) is 5.56 Å². The van der Waals surface area contributed by atoms with Crippen molar-refractivity contribution in [2.75, 3.05) is 0 Å². The van der Waals surface area contributed by atoms with Crippen LogP contribution in [0.2, 0.25) is 5.02 Å². The molecule has 1 N–H and O–H groups in total. The molecule has 0 radical (unpaired) electrons. The smallest absolute Gasteiger partial charge is 0.251 e. The molecule has 1 aromatic heterocycles. The highest BCUT2D eigenvalue weighted by atomic mass is 35.5. The van der Waals surface area contributed by atoms with Crippen LogP contribution in [-0.2, 0) is 6.61 Å². The van der Waals surface area contributed by atoms with E-state index in [1.54, 1.807) is 18.3 Å². The number of H-pyrrole nitrogens is 1. The van der Waals surface area contributed by atoms with Gasteiger partial charge in [-0.25, -0.2) is 0 Å². The predicted molar refractivity (Wildman–Crippen MR) is 62.8 cm³/mol. The topological polar surface area (TPSA) is 42.1 Å². The number of hydrogen-bond acceptors (Lipinski definition) is 2. The van der Waals surface area contributed by atoms with Gasteiger partial charge >= 0.3 is 0 Å². The second-order valence-electron chi connectivity index (χ2n) is 3.31. The van der Waals surface area contributed by atoms with Crippen LogP contribution in [0.4, 0.5) is 0 Å². The number of hydrogen-bond donors (Lipinski definition) is 1. The molecule has 0 atom stereocenters. The van der Waals surface area contributed by atoms with Gasteiger partial charge in [-0.15, -0.1) is 0 Å². The first kappa shape index (κ1) is 10.8. The second kappa shape index (κ2) is 4.86. The molecule has 1 heterocycles. The first-order valence-corrected chi connectivity index (χ1v) is 5.18. The Morgan fingerprint density at radius 2 is 2.12 bits per heavy atom. The molecular weight excluding hydrogens is 226 g/mol. The van der Waals surface area contributed by atoms with E-state index in [0.29, 0.717) is 17.4 Å². The summed E-state index contributed by atoms with van der Waals surface area (Å²) in [6.07, 6.45) is 1.55. The molecule has 4 heteroatoms. The minimum atomic E-state index is -0.177. The Balaban J connectivity index is 2.05. The van der Waals surface area contributed by atoms with E-state index in [9.17, 15) is 4.79 Å². The van der Waals surface area contributed by atoms with Crippen molar-refractivity contribution in [1.82, 2.24) is 4.98 Å². The van der Waals surface area contributed by atoms with E-state index >= 15 is 0 Å². The van der Waals surface area contributed by atoms with E-state index in [2.05, 4.69) is 4.98 Å². The number of rotatable bonds is 3. The van der Waals surface area contributed by atoms with Gasteiger partial charge in [0, 0.05) is 17.3 Å². The van der Waals surface area contributed by atoms with Gasteiger partial charge in [0.15, 0.2) is 0 Å². The Morgan fingerprint density at radius 3 is 2.88 bits per heavy atom. The maximum Gasteiger partial charge on any atom is 0.251 e. The number of pyridine rings is 1. The molecule has 16 heavy (non-hydrogen) atoms. The first-order valence-electron chi connectivity index (χ1n) is 4.80. The normalized spacial score (nSPS) is 10.1. The highest BCUT2D eigenvalue weighted by Gasteiger charge is 1.97. The molecule has 0 aliphatic heterocycles. The number of nitrogens with one attached hydrogen (secondary N) is 1. The molecule has 0 unspecified atom stereocenters. The maximum atomic E-state index is 11.0. The van der Waals surface area contributed by atoms with E-state index in [1.807, 2.05) is 18.2 Å². The number of ether oxygens (including phenoxy) is 1. The van der Waals surface area contributed by atoms with Crippen molar-refractivity contribution >= 4 is 11.6 Å². The quantitative estimate of drug-likeness (QED) is 0.889. The summed E-state index contributed by atoms with van der Waals surface area (Å²) in [5, 5.41) is 0.673. The third kappa shape index (κ3) is 2.87. The Hall–Kier alpha value is -1.74. The monoisotopic (exact) mass is 235 g/mol. The molecule has 82 valence electrons. The van der Waals surface area contributed by atoms with Crippen molar-refractivity contribution in [2.24, 2.45) is 0 Å². The van der Waals surface area contributed by atoms with Gasteiger partial charge in [0.2, 0.25) is 0 Å². The number of aromatic nitrogens is 1. The van der Waals surface area contributed by atoms with Gasteiger partial charge in [-0.05, 0) is 23.8 Å². The molecule has 2 aromatic rings. The van der Waals surface area contributed by atoms with Crippen LogP contribution in [0, 0.1) is 0 Å². The average molecular weight is 236 g/mol. The van der Waals surface area contributed by atoms with Crippen molar-refractivity contribution < 1.29 is 4.74 Å². The van der Waals surface area contributed by atoms with Crippen molar-refractivity contribution in [3.05, 3.63) is 63.5 Å². The van der Waals surface area contributed by atoms with E-state index in [4.69, 9.17) is 16.3 Å². The minimum absolute atomic E-state index is 0.177. The number of aromatic amines is 1. The van der Waals surface area contributed by atoms with Crippen LogP contribution >= 0.6 is 11.6 Å². The summed E-state index contributed by atoms with van der Waals surface area (Å²) in [7, 11) is 0. The third-order valence-electron chi connectivity index (χ3n) is 2.04. The van der Waals surface area contributed by atoms with Crippen molar-refractivity contribution in [3.63, 3.8) is 0 Å². The maximum absolute atomic E-state index is 11.0. The lowest BCUT2D eigenvalue weighted by Gasteiger charge is -2.05. The Bertz CT molecular complexity index is 536. The summed E-state index contributed by atoms with van der Waals surface area (Å²) in [5.74, 6) is 0.545. The summed E-state index contributed by atoms with van der Waals surface area (Å²) in [4.78, 5) is 13.5. The summed E-state index contributed by atoms with van der Waals surface area (Å²) in [6, 6.07) is 10.5. The Kier molecular flexibility index (Phi) is 3.27. The Morgan fingerprint density at radius 1 is 1.25 bits per heavy atom. The van der Waals surface area contributed by atoms with Crippen LogP contribution in [0.5, 0.6) is 5.75 Å². The van der Waals surface area contributed by atoms with Gasteiger partial charge in [-0.3, -0.25) is 4.79 Å². The zero-order valence-corrected chi connectivity index (χ0v) is 9.20. The van der Waals surface area contributed by atoms with E-state index in [1.165, 1.54) is 6.07 Å². The van der Waals surface area contributed by atoms with Gasteiger partial charge in [0.05, 0.1) is 0 Å². The summed E-state index contributed by atoms with van der Waals surface area (Å²) >= 11 is 5.84. The van der Waals surface area contributed by atoms with Gasteiger partial charge in [0.1, 0.15) is 12.4 Å². The molecule has 3 nitrogen and oxygen atoms in total. The van der Waals surface area contributed by atoms with Crippen molar-refractivity contribution in [3.8, 4) is 5.75 Å². The van der Waals surface area contributed by atoms with Gasteiger partial charge < -0.3 is 9.72 Å². The number of benzene rings is 1. The molecule has 0 bridgehead atoms. The van der Waals surface area contributed by atoms with E-state index in [-0.39, 0.29) is 5.56 Å². The zero-order chi connectivity index (χ0) is 11.4. The zero-order valence-electron chi connectivity index (χ0n) is 8.44. The van der Waals surface area contributed by atoms with E-state index in [0.717, 1.165) is 5.56 Å². The minimum Gasteiger partial charge on any atom is -0.489 e. The summed E-state index contributed by atoms with van der Waals surface area (Å²) in [5.41, 5.74) is 0.788. The molecule has 0 aliphatic rings. The molecule has 0 aliphatic carbocycles. The fraction of sp³-hybridized carbons (Fsp3) is 0.0833. The SMILES string of the molecule is O=c1cc(OCc2cccc(Cl)c2)cc[nH]1. The van der Waals surface area contributed by atoms with Crippen molar-refractivity contribution in [1.29, 1.82) is 0 Å². The highest BCUT2D eigenvalue weighted by Crippen LogP contribution is 2.13. The fourth-order valence-corrected chi connectivity index (χ4v) is 1.52. The molecule has 0 spiro atoms. The fourth-order valence-electron chi connectivity index (χ4n) is 1.31. The lowest BCUT2D eigenvalue weighted by atomic mass is 10.2. The lowest BCUT2D eigenvalue weighted by Crippen LogP contribution is -2.04. The van der Waals surface area contributed by atoms with Crippen LogP contribution in [0.3, 0.4) is 0 Å². The van der Waals surface area contributed by atoms with Gasteiger partial charge in [-0.2, -0.15) is 0 Å². The molecule has 1 aromatic carbocycles. The molecule has 0 saturated carbocycles. The number of halogens is 1. The molecule has 0 amide bonds. The average Bonchev–Trinajstić information content (AvgIpc) is 2.27. The molecule has 0 saturated heterocycles. The molecule has 2 rings (SSSR count). The van der Waals surface area contributed by atoms with Crippen LogP contribution < -0.4 is 10.3 Å². The van der Waals surface area contributed by atoms with Gasteiger partial charge in [0.25, 0.3) is 5.56 Å². The third-order valence-corrected chi connectivity index (χ3v) is 2.28. The second-order valence-corrected chi connectivity index (χ2v) is 3.74. The summed E-state index contributed by atoms with van der Waals surface area (Å²) < 4.78 is 5.45. The Labute approximate surface area is 97.7 Å². The van der Waals surface area contributed by atoms with Crippen molar-refractivity contribution in [2.45, 2.75) is 6.61 Å². The largest absolute Gasteiger partial charge is 0.489 e. The molecule has 0 fully saturated rings. The summed E-state index contributed by atoms with van der Waals surface area (Å²) in [6.45, 7) is 0.393. The predicted octanol–water partition coefficient (Wildman–Crippen LogP) is 2.61. The van der Waals surface area contributed by atoms with Gasteiger partial charge in [-0.1, -0.05) is 23.7 Å². The first-order chi connectivity index (χ1) is 7.74. The van der Waals surface area contributed by atoms with Crippen LogP contribution in [-0.4, -0.2) is 4.98 Å². The van der Waals surface area contributed by atoms with Crippen LogP contribution in [0.15, 0.2) is 47.4 Å². The highest BCUT2D eigenvalue weighted by molar-refractivity contribution is 6.30.